The van der Waals surface area contributed by atoms with E-state index in [2.05, 4.69) is 11.2 Å². The molecular weight excluding hydrogens is 338 g/mol. The number of ether oxygens (including phenoxy) is 1. The molecule has 2 aromatic carbocycles. The molecule has 3 aromatic rings. The number of terminal acetylenes is 1. The number of para-hydroxylation sites is 1. The van der Waals surface area contributed by atoms with Crippen molar-refractivity contribution < 1.29 is 9.53 Å². The summed E-state index contributed by atoms with van der Waals surface area (Å²) in [4.78, 5) is 12.5. The Balaban J connectivity index is 1.92. The van der Waals surface area contributed by atoms with Crippen LogP contribution in [-0.2, 0) is 11.3 Å². The quantitative estimate of drug-likeness (QED) is 0.430. The maximum atomic E-state index is 12.5. The van der Waals surface area contributed by atoms with Gasteiger partial charge in [0.25, 0.3) is 5.91 Å². The number of anilines is 1. The molecule has 0 saturated carbocycles. The number of methoxy groups -OCH3 is 1. The van der Waals surface area contributed by atoms with Crippen LogP contribution in [0.3, 0.4) is 0 Å². The fourth-order valence-corrected chi connectivity index (χ4v) is 2.80. The summed E-state index contributed by atoms with van der Waals surface area (Å²) in [6.45, 7) is 0.411. The number of rotatable bonds is 5. The third-order valence-corrected chi connectivity index (χ3v) is 4.09. The van der Waals surface area contributed by atoms with E-state index in [4.69, 9.17) is 11.2 Å². The number of benzene rings is 2. The average Bonchev–Trinajstić information content (AvgIpc) is 3.04. The maximum absolute atomic E-state index is 12.5. The number of nitriles is 1. The molecule has 27 heavy (non-hydrogen) atoms. The highest BCUT2D eigenvalue weighted by Crippen LogP contribution is 2.24. The average molecular weight is 355 g/mol. The van der Waals surface area contributed by atoms with Crippen LogP contribution in [0.25, 0.3) is 17.0 Å². The first-order valence-electron chi connectivity index (χ1n) is 8.25. The van der Waals surface area contributed by atoms with Gasteiger partial charge in [0, 0.05) is 28.4 Å². The number of amides is 1. The lowest BCUT2D eigenvalue weighted by Crippen LogP contribution is -2.13. The number of carbonyl (C=O) groups excluding carboxylic acids is 1. The molecule has 0 unspecified atom stereocenters. The van der Waals surface area contributed by atoms with Crippen LogP contribution < -0.4 is 10.1 Å². The molecule has 0 saturated heterocycles. The van der Waals surface area contributed by atoms with E-state index < -0.39 is 5.91 Å². The summed E-state index contributed by atoms with van der Waals surface area (Å²) in [5.74, 6) is 2.82. The van der Waals surface area contributed by atoms with E-state index in [0.29, 0.717) is 18.0 Å². The minimum absolute atomic E-state index is 0.00873. The van der Waals surface area contributed by atoms with Crippen molar-refractivity contribution in [3.63, 3.8) is 0 Å². The lowest BCUT2D eigenvalue weighted by Gasteiger charge is -2.05. The van der Waals surface area contributed by atoms with Crippen molar-refractivity contribution in [1.82, 2.24) is 4.57 Å². The first kappa shape index (κ1) is 17.8. The van der Waals surface area contributed by atoms with Crippen LogP contribution >= 0.6 is 0 Å². The second-order valence-electron chi connectivity index (χ2n) is 5.79. The predicted octanol–water partition coefficient (Wildman–Crippen LogP) is 3.83. The molecule has 0 aliphatic rings. The molecule has 1 aromatic heterocycles. The van der Waals surface area contributed by atoms with Crippen molar-refractivity contribution in [3.05, 3.63) is 65.9 Å². The lowest BCUT2D eigenvalue weighted by molar-refractivity contribution is -0.112. The normalized spacial score (nSPS) is 10.9. The van der Waals surface area contributed by atoms with Gasteiger partial charge in [-0.15, -0.1) is 6.42 Å². The third kappa shape index (κ3) is 3.84. The van der Waals surface area contributed by atoms with Gasteiger partial charge in [0.15, 0.2) is 0 Å². The maximum Gasteiger partial charge on any atom is 0.266 e. The molecule has 1 amide bonds. The molecule has 1 heterocycles. The minimum Gasteiger partial charge on any atom is -0.497 e. The SMILES string of the molecule is C#CCn1cc(/C=C(/C#N)C(=O)Nc2ccc(OC)cc2)c2ccccc21. The Morgan fingerprint density at radius 1 is 1.26 bits per heavy atom. The van der Waals surface area contributed by atoms with E-state index in [0.717, 1.165) is 16.5 Å². The largest absolute Gasteiger partial charge is 0.497 e. The molecule has 0 radical (unpaired) electrons. The molecule has 5 heteroatoms. The number of aromatic nitrogens is 1. The summed E-state index contributed by atoms with van der Waals surface area (Å²) >= 11 is 0. The second kappa shape index (κ2) is 7.95. The van der Waals surface area contributed by atoms with E-state index in [-0.39, 0.29) is 5.57 Å². The fraction of sp³-hybridized carbons (Fsp3) is 0.0909. The van der Waals surface area contributed by atoms with Crippen LogP contribution in [0.2, 0.25) is 0 Å². The zero-order valence-electron chi connectivity index (χ0n) is 14.8. The van der Waals surface area contributed by atoms with E-state index in [1.165, 1.54) is 0 Å². The van der Waals surface area contributed by atoms with Crippen molar-refractivity contribution in [1.29, 1.82) is 5.26 Å². The van der Waals surface area contributed by atoms with Gasteiger partial charge in [0.1, 0.15) is 17.4 Å². The molecule has 0 fully saturated rings. The molecule has 0 atom stereocenters. The Hall–Kier alpha value is -3.96. The molecule has 3 rings (SSSR count). The van der Waals surface area contributed by atoms with Crippen molar-refractivity contribution in [2.45, 2.75) is 6.54 Å². The van der Waals surface area contributed by atoms with Gasteiger partial charge in [-0.3, -0.25) is 4.79 Å². The van der Waals surface area contributed by atoms with Gasteiger partial charge in [-0.2, -0.15) is 5.26 Å². The molecule has 0 bridgehead atoms. The Labute approximate surface area is 157 Å². The first-order chi connectivity index (χ1) is 13.2. The zero-order chi connectivity index (χ0) is 19.2. The first-order valence-corrected chi connectivity index (χ1v) is 8.25. The van der Waals surface area contributed by atoms with Gasteiger partial charge < -0.3 is 14.6 Å². The highest BCUT2D eigenvalue weighted by Gasteiger charge is 2.12. The Bertz CT molecular complexity index is 1090. The number of hydrogen-bond donors (Lipinski definition) is 1. The summed E-state index contributed by atoms with van der Waals surface area (Å²) in [7, 11) is 1.57. The van der Waals surface area contributed by atoms with E-state index in [9.17, 15) is 10.1 Å². The van der Waals surface area contributed by atoms with E-state index in [1.807, 2.05) is 41.1 Å². The van der Waals surface area contributed by atoms with Gasteiger partial charge in [-0.05, 0) is 36.4 Å². The summed E-state index contributed by atoms with van der Waals surface area (Å²) in [6.07, 6.45) is 8.86. The molecule has 1 N–H and O–H groups in total. The fourth-order valence-electron chi connectivity index (χ4n) is 2.80. The monoisotopic (exact) mass is 355 g/mol. The molecular formula is C22H17N3O2. The zero-order valence-corrected chi connectivity index (χ0v) is 14.8. The minimum atomic E-state index is -0.476. The van der Waals surface area contributed by atoms with Crippen LogP contribution in [0.15, 0.2) is 60.3 Å². The van der Waals surface area contributed by atoms with Gasteiger partial charge in [0.05, 0.1) is 13.7 Å². The van der Waals surface area contributed by atoms with Crippen LogP contribution in [-0.4, -0.2) is 17.6 Å². The summed E-state index contributed by atoms with van der Waals surface area (Å²) in [5, 5.41) is 13.1. The molecule has 0 aliphatic carbocycles. The van der Waals surface area contributed by atoms with E-state index in [1.54, 1.807) is 37.5 Å². The molecule has 0 aliphatic heterocycles. The van der Waals surface area contributed by atoms with Crippen molar-refractivity contribution >= 4 is 28.6 Å². The van der Waals surface area contributed by atoms with Gasteiger partial charge in [-0.25, -0.2) is 0 Å². The van der Waals surface area contributed by atoms with Crippen molar-refractivity contribution in [2.24, 2.45) is 0 Å². The van der Waals surface area contributed by atoms with Gasteiger partial charge >= 0.3 is 0 Å². The number of carbonyl (C=O) groups is 1. The number of fused-ring (bicyclic) bond motifs is 1. The van der Waals surface area contributed by atoms with Crippen molar-refractivity contribution in [3.8, 4) is 24.2 Å². The summed E-state index contributed by atoms with van der Waals surface area (Å²) in [6, 6.07) is 16.6. The van der Waals surface area contributed by atoms with E-state index >= 15 is 0 Å². The number of hydrogen-bond acceptors (Lipinski definition) is 3. The number of nitrogens with zero attached hydrogens (tertiary/aromatic N) is 2. The topological polar surface area (TPSA) is 67.0 Å². The van der Waals surface area contributed by atoms with Crippen molar-refractivity contribution in [2.75, 3.05) is 12.4 Å². The molecule has 132 valence electrons. The van der Waals surface area contributed by atoms with Gasteiger partial charge in [0.2, 0.25) is 0 Å². The lowest BCUT2D eigenvalue weighted by atomic mass is 10.1. The van der Waals surface area contributed by atoms with Crippen LogP contribution in [0.4, 0.5) is 5.69 Å². The summed E-state index contributed by atoms with van der Waals surface area (Å²) in [5.41, 5.74) is 2.31. The van der Waals surface area contributed by atoms with Crippen LogP contribution in [0.5, 0.6) is 5.75 Å². The second-order valence-corrected chi connectivity index (χ2v) is 5.79. The smallest absolute Gasteiger partial charge is 0.266 e. The van der Waals surface area contributed by atoms with Crippen LogP contribution in [0, 0.1) is 23.7 Å². The molecule has 0 spiro atoms. The van der Waals surface area contributed by atoms with Crippen LogP contribution in [0.1, 0.15) is 5.56 Å². The highest BCUT2D eigenvalue weighted by atomic mass is 16.5. The standard InChI is InChI=1S/C22H17N3O2/c1-3-12-25-15-17(20-6-4-5-7-21(20)25)13-16(14-23)22(26)24-18-8-10-19(27-2)11-9-18/h1,4-11,13,15H,12H2,2H3,(H,24,26)/b16-13-. The summed E-state index contributed by atoms with van der Waals surface area (Å²) < 4.78 is 7.01. The highest BCUT2D eigenvalue weighted by molar-refractivity contribution is 6.10. The Morgan fingerprint density at radius 3 is 2.67 bits per heavy atom. The Kier molecular flexibility index (Phi) is 5.25. The van der Waals surface area contributed by atoms with Gasteiger partial charge in [-0.1, -0.05) is 24.1 Å². The molecule has 5 nitrogen and oxygen atoms in total. The Morgan fingerprint density at radius 2 is 2.00 bits per heavy atom. The third-order valence-electron chi connectivity index (χ3n) is 4.09. The predicted molar refractivity (Wildman–Crippen MR) is 106 cm³/mol. The number of nitrogens with one attached hydrogen (secondary N) is 1.